The Bertz CT molecular complexity index is 867. The van der Waals surface area contributed by atoms with Crippen molar-refractivity contribution in [2.45, 2.75) is 53.1 Å². The third-order valence-electron chi connectivity index (χ3n) is 6.10. The number of ketones is 2. The van der Waals surface area contributed by atoms with Crippen molar-refractivity contribution in [3.63, 3.8) is 0 Å². The van der Waals surface area contributed by atoms with Crippen LogP contribution >= 0.6 is 0 Å². The minimum atomic E-state index is -0.807. The van der Waals surface area contributed by atoms with Crippen LogP contribution in [0.1, 0.15) is 39.7 Å². The molecule has 0 aromatic heterocycles. The second-order valence-corrected chi connectivity index (χ2v) is 8.01. The van der Waals surface area contributed by atoms with E-state index in [0.29, 0.717) is 11.8 Å². The lowest BCUT2D eigenvalue weighted by Gasteiger charge is -2.42. The van der Waals surface area contributed by atoms with Crippen LogP contribution in [-0.4, -0.2) is 29.9 Å². The van der Waals surface area contributed by atoms with Crippen LogP contribution in [0, 0.1) is 17.8 Å². The number of hydrogen-bond donors (Lipinski definition) is 0. The van der Waals surface area contributed by atoms with Gasteiger partial charge in [0.15, 0.2) is 5.76 Å². The molecule has 0 radical (unpaired) electrons. The summed E-state index contributed by atoms with van der Waals surface area (Å²) >= 11 is 0. The van der Waals surface area contributed by atoms with Gasteiger partial charge in [-0.15, -0.1) is 0 Å². The second kappa shape index (κ2) is 9.39. The van der Waals surface area contributed by atoms with E-state index in [-0.39, 0.29) is 30.0 Å². The van der Waals surface area contributed by atoms with Crippen molar-refractivity contribution in [1.29, 1.82) is 0 Å². The van der Waals surface area contributed by atoms with E-state index in [2.05, 4.69) is 13.8 Å². The van der Waals surface area contributed by atoms with Gasteiger partial charge < -0.3 is 14.2 Å². The van der Waals surface area contributed by atoms with Gasteiger partial charge in [-0.1, -0.05) is 58.0 Å². The molecule has 1 fully saturated rings. The van der Waals surface area contributed by atoms with Gasteiger partial charge in [0.25, 0.3) is 5.78 Å². The standard InChI is InChI=1S/C24H28O6/c1-5-20-15(3)14(2)16(4)24(29-20)30-23(27)18-11-19(25)22(26)21(12-18)28-13-17-9-7-6-8-10-17/h6-12,14-16,20,24H,5,13H2,1-4H3/t14-,15?,16-,20?,24?/m0/s1. The summed E-state index contributed by atoms with van der Waals surface area (Å²) in [5.74, 6) is -1.78. The maximum atomic E-state index is 12.7. The van der Waals surface area contributed by atoms with Crippen LogP contribution in [0.3, 0.4) is 0 Å². The van der Waals surface area contributed by atoms with Crippen molar-refractivity contribution < 1.29 is 28.6 Å². The lowest BCUT2D eigenvalue weighted by Crippen LogP contribution is -2.46. The molecule has 1 aromatic carbocycles. The molecule has 0 N–H and O–H groups in total. The molecule has 1 aliphatic carbocycles. The summed E-state index contributed by atoms with van der Waals surface area (Å²) in [6, 6.07) is 9.25. The van der Waals surface area contributed by atoms with E-state index in [0.717, 1.165) is 18.1 Å². The van der Waals surface area contributed by atoms with Crippen molar-refractivity contribution in [2.75, 3.05) is 0 Å². The number of benzene rings is 1. The first-order valence-electron chi connectivity index (χ1n) is 10.4. The van der Waals surface area contributed by atoms with Gasteiger partial charge in [0.1, 0.15) is 6.61 Å². The number of Topliss-reactive ketones (excluding diaryl/α,β-unsaturated/α-hetero) is 1. The number of rotatable bonds is 6. The zero-order valence-corrected chi connectivity index (χ0v) is 17.8. The molecule has 1 aliphatic heterocycles. The zero-order valence-electron chi connectivity index (χ0n) is 17.8. The fourth-order valence-corrected chi connectivity index (χ4v) is 3.80. The average molecular weight is 412 g/mol. The summed E-state index contributed by atoms with van der Waals surface area (Å²) in [5, 5.41) is 0. The average Bonchev–Trinajstić information content (AvgIpc) is 2.75. The van der Waals surface area contributed by atoms with Crippen LogP contribution in [0.15, 0.2) is 53.8 Å². The van der Waals surface area contributed by atoms with E-state index in [4.69, 9.17) is 14.2 Å². The number of hydrogen-bond acceptors (Lipinski definition) is 6. The lowest BCUT2D eigenvalue weighted by molar-refractivity contribution is -0.240. The second-order valence-electron chi connectivity index (χ2n) is 8.01. The summed E-state index contributed by atoms with van der Waals surface area (Å²) < 4.78 is 17.1. The molecule has 160 valence electrons. The predicted molar refractivity (Wildman–Crippen MR) is 110 cm³/mol. The third kappa shape index (κ3) is 4.70. The maximum absolute atomic E-state index is 12.7. The Morgan fingerprint density at radius 1 is 1.00 bits per heavy atom. The largest absolute Gasteiger partial charge is 0.485 e. The van der Waals surface area contributed by atoms with Crippen molar-refractivity contribution in [3.05, 3.63) is 59.4 Å². The monoisotopic (exact) mass is 412 g/mol. The van der Waals surface area contributed by atoms with E-state index in [1.54, 1.807) is 0 Å². The Morgan fingerprint density at radius 3 is 2.37 bits per heavy atom. The van der Waals surface area contributed by atoms with Crippen LogP contribution in [-0.2, 0) is 35.2 Å². The maximum Gasteiger partial charge on any atom is 0.340 e. The first kappa shape index (κ1) is 22.0. The number of carbonyl (C=O) groups is 3. The van der Waals surface area contributed by atoms with Crippen LogP contribution in [0.25, 0.3) is 0 Å². The molecule has 5 atom stereocenters. The minimum Gasteiger partial charge on any atom is -0.485 e. The fraction of sp³-hybridized carbons (Fsp3) is 0.458. The SMILES string of the molecule is CCC1OC(OC(=O)C2=CC(=O)C(=O)C(OCc3ccccc3)=C2)[C@@H](C)[C@@H](C)C1C. The molecule has 0 amide bonds. The first-order chi connectivity index (χ1) is 14.3. The predicted octanol–water partition coefficient (Wildman–Crippen LogP) is 3.75. The van der Waals surface area contributed by atoms with Gasteiger partial charge in [-0.05, 0) is 29.9 Å². The topological polar surface area (TPSA) is 78.9 Å². The Morgan fingerprint density at radius 2 is 1.70 bits per heavy atom. The van der Waals surface area contributed by atoms with Crippen LogP contribution in [0.4, 0.5) is 0 Å². The molecule has 1 saturated heterocycles. The normalized spacial score (nSPS) is 29.1. The molecule has 1 aromatic rings. The summed E-state index contributed by atoms with van der Waals surface area (Å²) in [4.78, 5) is 37.0. The molecular formula is C24H28O6. The number of esters is 1. The molecule has 3 rings (SSSR count). The van der Waals surface area contributed by atoms with E-state index in [1.165, 1.54) is 6.08 Å². The number of ether oxygens (including phenoxy) is 3. The molecule has 0 spiro atoms. The highest BCUT2D eigenvalue weighted by Crippen LogP contribution is 2.37. The fourth-order valence-electron chi connectivity index (χ4n) is 3.80. The zero-order chi connectivity index (χ0) is 21.8. The summed E-state index contributed by atoms with van der Waals surface area (Å²) in [7, 11) is 0. The molecule has 0 bridgehead atoms. The van der Waals surface area contributed by atoms with Crippen molar-refractivity contribution in [2.24, 2.45) is 17.8 Å². The van der Waals surface area contributed by atoms with Gasteiger partial charge in [-0.25, -0.2) is 4.79 Å². The number of carbonyl (C=O) groups excluding carboxylic acids is 3. The highest BCUT2D eigenvalue weighted by Gasteiger charge is 2.40. The lowest BCUT2D eigenvalue weighted by atomic mass is 9.78. The Balaban J connectivity index is 1.71. The Hall–Kier alpha value is -2.73. The van der Waals surface area contributed by atoms with Gasteiger partial charge in [0, 0.05) is 12.0 Å². The van der Waals surface area contributed by atoms with E-state index in [1.807, 2.05) is 44.2 Å². The highest BCUT2D eigenvalue weighted by atomic mass is 16.7. The van der Waals surface area contributed by atoms with E-state index < -0.39 is 23.8 Å². The van der Waals surface area contributed by atoms with Gasteiger partial charge in [-0.3, -0.25) is 9.59 Å². The molecule has 6 heteroatoms. The van der Waals surface area contributed by atoms with Gasteiger partial charge in [-0.2, -0.15) is 0 Å². The van der Waals surface area contributed by atoms with E-state index >= 15 is 0 Å². The summed E-state index contributed by atoms with van der Waals surface area (Å²) in [6.07, 6.45) is 2.38. The first-order valence-corrected chi connectivity index (χ1v) is 10.4. The van der Waals surface area contributed by atoms with Crippen molar-refractivity contribution >= 4 is 17.5 Å². The quantitative estimate of drug-likeness (QED) is 0.402. The van der Waals surface area contributed by atoms with Gasteiger partial charge in [0.05, 0.1) is 11.7 Å². The molecule has 30 heavy (non-hydrogen) atoms. The molecular weight excluding hydrogens is 384 g/mol. The summed E-state index contributed by atoms with van der Waals surface area (Å²) in [6.45, 7) is 8.40. The molecule has 2 aliphatic rings. The molecule has 1 heterocycles. The minimum absolute atomic E-state index is 0.00199. The van der Waals surface area contributed by atoms with Crippen LogP contribution < -0.4 is 0 Å². The van der Waals surface area contributed by atoms with Crippen molar-refractivity contribution in [3.8, 4) is 0 Å². The smallest absolute Gasteiger partial charge is 0.340 e. The Kier molecular flexibility index (Phi) is 6.87. The van der Waals surface area contributed by atoms with Crippen LogP contribution in [0.5, 0.6) is 0 Å². The third-order valence-corrected chi connectivity index (χ3v) is 6.10. The van der Waals surface area contributed by atoms with Gasteiger partial charge in [0.2, 0.25) is 12.1 Å². The number of allylic oxidation sites excluding steroid dienone is 2. The highest BCUT2D eigenvalue weighted by molar-refractivity contribution is 6.48. The van der Waals surface area contributed by atoms with Gasteiger partial charge >= 0.3 is 5.97 Å². The molecule has 6 nitrogen and oxygen atoms in total. The van der Waals surface area contributed by atoms with Crippen LogP contribution in [0.2, 0.25) is 0 Å². The summed E-state index contributed by atoms with van der Waals surface area (Å²) in [5.41, 5.74) is 0.827. The molecule has 3 unspecified atom stereocenters. The molecule has 0 saturated carbocycles. The van der Waals surface area contributed by atoms with E-state index in [9.17, 15) is 14.4 Å². The van der Waals surface area contributed by atoms with Crippen molar-refractivity contribution in [1.82, 2.24) is 0 Å². The Labute approximate surface area is 176 Å².